The molecule has 0 heterocycles. The molecule has 0 atom stereocenters. The van der Waals surface area contributed by atoms with Crippen molar-refractivity contribution in [2.75, 3.05) is 6.61 Å². The van der Waals surface area contributed by atoms with E-state index in [1.807, 2.05) is 52.0 Å². The third kappa shape index (κ3) is 9.68. The lowest BCUT2D eigenvalue weighted by molar-refractivity contribution is 0.347. The van der Waals surface area contributed by atoms with Gasteiger partial charge in [-0.25, -0.2) is 0 Å². The normalized spacial score (nSPS) is 10.2. The molecule has 26 heavy (non-hydrogen) atoms. The second kappa shape index (κ2) is 15.5. The highest BCUT2D eigenvalue weighted by molar-refractivity contribution is 6.30. The molecule has 0 fully saturated rings. The molecule has 0 spiro atoms. The van der Waals surface area contributed by atoms with E-state index >= 15 is 0 Å². The molecule has 144 valence electrons. The number of unbranched alkanes of at least 4 members (excludes halogenated alkanes) is 1. The molecule has 1 nitrogen and oxygen atoms in total. The summed E-state index contributed by atoms with van der Waals surface area (Å²) in [6.07, 6.45) is 5.70. The summed E-state index contributed by atoms with van der Waals surface area (Å²) in [6.45, 7) is 13.0. The fraction of sp³-hybridized carbons (Fsp3) is 0.417. The van der Waals surface area contributed by atoms with Gasteiger partial charge in [0, 0.05) is 5.02 Å². The fourth-order valence-corrected chi connectivity index (χ4v) is 2.39. The molecule has 0 radical (unpaired) electrons. The van der Waals surface area contributed by atoms with Gasteiger partial charge in [-0.05, 0) is 60.7 Å². The van der Waals surface area contributed by atoms with Crippen molar-refractivity contribution < 1.29 is 4.74 Å². The summed E-state index contributed by atoms with van der Waals surface area (Å²) in [6, 6.07) is 16.0. The average molecular weight is 375 g/mol. The molecule has 0 amide bonds. The highest BCUT2D eigenvalue weighted by atomic mass is 35.5. The van der Waals surface area contributed by atoms with Crippen LogP contribution in [0.2, 0.25) is 5.02 Å². The van der Waals surface area contributed by atoms with E-state index in [1.54, 1.807) is 0 Å². The Labute approximate surface area is 166 Å². The minimum Gasteiger partial charge on any atom is -0.489 e. The van der Waals surface area contributed by atoms with E-state index in [4.69, 9.17) is 16.3 Å². The lowest BCUT2D eigenvalue weighted by Crippen LogP contribution is -2.02. The van der Waals surface area contributed by atoms with Crippen molar-refractivity contribution in [2.45, 2.75) is 60.8 Å². The van der Waals surface area contributed by atoms with Gasteiger partial charge in [-0.15, -0.1) is 0 Å². The molecule has 0 N–H and O–H groups in total. The van der Waals surface area contributed by atoms with E-state index in [0.29, 0.717) is 6.61 Å². The third-order valence-corrected chi connectivity index (χ3v) is 3.89. The summed E-state index contributed by atoms with van der Waals surface area (Å²) in [7, 11) is 0. The van der Waals surface area contributed by atoms with Crippen molar-refractivity contribution in [3.05, 3.63) is 70.3 Å². The first-order valence-electron chi connectivity index (χ1n) is 9.82. The lowest BCUT2D eigenvalue weighted by Gasteiger charge is -2.11. The van der Waals surface area contributed by atoms with Gasteiger partial charge in [-0.1, -0.05) is 83.0 Å². The van der Waals surface area contributed by atoms with E-state index < -0.39 is 0 Å². The summed E-state index contributed by atoms with van der Waals surface area (Å²) in [5.41, 5.74) is 3.89. The predicted molar refractivity (Wildman–Crippen MR) is 118 cm³/mol. The van der Waals surface area contributed by atoms with Crippen molar-refractivity contribution in [3.8, 4) is 5.75 Å². The Kier molecular flexibility index (Phi) is 14.5. The number of benzene rings is 2. The molecule has 0 unspecified atom stereocenters. The second-order valence-electron chi connectivity index (χ2n) is 5.51. The van der Waals surface area contributed by atoms with Crippen LogP contribution in [0.25, 0.3) is 6.08 Å². The highest BCUT2D eigenvalue weighted by Gasteiger charge is 2.02. The first kappa shape index (κ1) is 24.3. The highest BCUT2D eigenvalue weighted by Crippen LogP contribution is 2.20. The Morgan fingerprint density at radius 2 is 1.58 bits per heavy atom. The van der Waals surface area contributed by atoms with Gasteiger partial charge in [-0.2, -0.15) is 0 Å². The summed E-state index contributed by atoms with van der Waals surface area (Å²) in [5, 5.41) is 0.731. The maximum atomic E-state index is 5.91. The summed E-state index contributed by atoms with van der Waals surface area (Å²) >= 11 is 5.90. The first-order valence-corrected chi connectivity index (χ1v) is 10.2. The Bertz CT molecular complexity index is 614. The number of hydrogen-bond acceptors (Lipinski definition) is 1. The van der Waals surface area contributed by atoms with Gasteiger partial charge in [0.2, 0.25) is 0 Å². The molecule has 0 bridgehead atoms. The van der Waals surface area contributed by atoms with Crippen molar-refractivity contribution in [1.29, 1.82) is 0 Å². The van der Waals surface area contributed by atoms with Crippen molar-refractivity contribution in [3.63, 3.8) is 0 Å². The Morgan fingerprint density at radius 1 is 0.962 bits per heavy atom. The molecular formula is C24H35ClO. The fourth-order valence-electron chi connectivity index (χ4n) is 2.27. The van der Waals surface area contributed by atoms with Crippen LogP contribution in [0.3, 0.4) is 0 Å². The molecule has 2 aromatic carbocycles. The average Bonchev–Trinajstić information content (AvgIpc) is 2.70. The van der Waals surface area contributed by atoms with E-state index in [0.717, 1.165) is 17.2 Å². The lowest BCUT2D eigenvalue weighted by atomic mass is 10.0. The van der Waals surface area contributed by atoms with Crippen LogP contribution < -0.4 is 4.74 Å². The van der Waals surface area contributed by atoms with Gasteiger partial charge >= 0.3 is 0 Å². The summed E-state index contributed by atoms with van der Waals surface area (Å²) in [5.74, 6) is 0.858. The molecular weight excluding hydrogens is 340 g/mol. The number of hydrogen-bond donors (Lipinski definition) is 0. The van der Waals surface area contributed by atoms with Crippen LogP contribution >= 0.6 is 11.6 Å². The molecule has 0 aromatic heterocycles. The summed E-state index contributed by atoms with van der Waals surface area (Å²) in [4.78, 5) is 0. The van der Waals surface area contributed by atoms with Gasteiger partial charge in [-0.3, -0.25) is 0 Å². The molecule has 2 heteroatoms. The molecule has 0 aliphatic carbocycles. The number of aryl methyl sites for hydroxylation is 1. The van der Waals surface area contributed by atoms with Gasteiger partial charge in [0.05, 0.1) is 0 Å². The maximum absolute atomic E-state index is 5.91. The minimum atomic E-state index is 0.621. The van der Waals surface area contributed by atoms with Crippen LogP contribution in [-0.2, 0) is 0 Å². The van der Waals surface area contributed by atoms with Crippen molar-refractivity contribution >= 4 is 17.7 Å². The molecule has 0 saturated carbocycles. The van der Waals surface area contributed by atoms with Crippen LogP contribution in [-0.4, -0.2) is 6.61 Å². The first-order chi connectivity index (χ1) is 12.7. The molecule has 0 aliphatic rings. The van der Waals surface area contributed by atoms with Gasteiger partial charge in [0.25, 0.3) is 0 Å². The summed E-state index contributed by atoms with van der Waals surface area (Å²) < 4.78 is 5.91. The topological polar surface area (TPSA) is 9.23 Å². The molecule has 2 rings (SSSR count). The Balaban J connectivity index is 0.00000146. The molecule has 0 saturated heterocycles. The zero-order chi connectivity index (χ0) is 19.8. The van der Waals surface area contributed by atoms with Gasteiger partial charge < -0.3 is 4.74 Å². The Hall–Kier alpha value is -1.73. The van der Waals surface area contributed by atoms with Crippen LogP contribution in [0.5, 0.6) is 5.75 Å². The SMILES string of the molecule is CC.CC.CCCC/C(=C\c1ccccc1C)COc1ccc(Cl)cc1. The zero-order valence-corrected chi connectivity index (χ0v) is 18.1. The van der Waals surface area contributed by atoms with Gasteiger partial charge in [0.1, 0.15) is 12.4 Å². The zero-order valence-electron chi connectivity index (χ0n) is 17.3. The monoisotopic (exact) mass is 374 g/mol. The minimum absolute atomic E-state index is 0.621. The van der Waals surface area contributed by atoms with E-state index in [1.165, 1.54) is 29.5 Å². The van der Waals surface area contributed by atoms with Gasteiger partial charge in [0.15, 0.2) is 0 Å². The van der Waals surface area contributed by atoms with Crippen molar-refractivity contribution in [2.24, 2.45) is 0 Å². The van der Waals surface area contributed by atoms with E-state index in [-0.39, 0.29) is 0 Å². The number of rotatable bonds is 7. The van der Waals surface area contributed by atoms with E-state index in [2.05, 4.69) is 44.2 Å². The van der Waals surface area contributed by atoms with Crippen LogP contribution in [0.1, 0.15) is 65.0 Å². The van der Waals surface area contributed by atoms with Crippen LogP contribution in [0.4, 0.5) is 0 Å². The molecule has 0 aliphatic heterocycles. The maximum Gasteiger partial charge on any atom is 0.119 e. The molecule has 2 aromatic rings. The van der Waals surface area contributed by atoms with Crippen molar-refractivity contribution in [1.82, 2.24) is 0 Å². The van der Waals surface area contributed by atoms with Crippen LogP contribution in [0, 0.1) is 6.92 Å². The van der Waals surface area contributed by atoms with Crippen LogP contribution in [0.15, 0.2) is 54.1 Å². The number of halogens is 1. The standard InChI is InChI=1S/C20H23ClO.2C2H6/c1-3-4-8-17(14-18-9-6-5-7-16(18)2)15-22-20-12-10-19(21)11-13-20;2*1-2/h5-7,9-14H,3-4,8,15H2,1-2H3;2*1-2H3/b17-14+;;. The third-order valence-electron chi connectivity index (χ3n) is 3.64. The van der Waals surface area contributed by atoms with E-state index in [9.17, 15) is 0 Å². The quantitative estimate of drug-likeness (QED) is 0.473. The largest absolute Gasteiger partial charge is 0.489 e. The predicted octanol–water partition coefficient (Wildman–Crippen LogP) is 8.35. The Morgan fingerprint density at radius 3 is 2.15 bits per heavy atom. The smallest absolute Gasteiger partial charge is 0.119 e. The second-order valence-corrected chi connectivity index (χ2v) is 5.94. The number of ether oxygens (including phenoxy) is 1.